The van der Waals surface area contributed by atoms with Crippen LogP contribution in [0.5, 0.6) is 23.0 Å². The summed E-state index contributed by atoms with van der Waals surface area (Å²) in [5.74, 6) is -0.273. The number of carbonyl (C=O) groups excluding carboxylic acids is 1. The molecule has 1 saturated heterocycles. The summed E-state index contributed by atoms with van der Waals surface area (Å²) in [6.45, 7) is 7.06. The van der Waals surface area contributed by atoms with Gasteiger partial charge >= 0.3 is 6.09 Å². The number of hydrogen-bond donors (Lipinski definition) is 3. The first-order valence-corrected chi connectivity index (χ1v) is 20.3. The molecule has 5 aliphatic rings. The maximum Gasteiger partial charge on any atom is 0.410 e. The van der Waals surface area contributed by atoms with Crippen molar-refractivity contribution in [1.82, 2.24) is 4.90 Å². The third-order valence-electron chi connectivity index (χ3n) is 11.7. The lowest BCUT2D eigenvalue weighted by atomic mass is 9.55. The zero-order valence-corrected chi connectivity index (χ0v) is 32.3. The number of amides is 1. The summed E-state index contributed by atoms with van der Waals surface area (Å²) < 4.78 is 37.2. The molecular formula is C43H56N2O11. The van der Waals surface area contributed by atoms with E-state index in [4.69, 9.17) is 38.4 Å². The van der Waals surface area contributed by atoms with E-state index in [9.17, 15) is 20.1 Å². The number of oxime groups is 1. The van der Waals surface area contributed by atoms with Gasteiger partial charge < -0.3 is 48.6 Å². The highest BCUT2D eigenvalue weighted by atomic mass is 16.8. The molecule has 13 nitrogen and oxygen atoms in total. The van der Waals surface area contributed by atoms with Gasteiger partial charge in [-0.3, -0.25) is 4.90 Å². The van der Waals surface area contributed by atoms with Crippen LogP contribution in [0, 0.1) is 17.8 Å². The van der Waals surface area contributed by atoms with Gasteiger partial charge in [0.25, 0.3) is 0 Å². The normalized spacial score (nSPS) is 28.1. The van der Waals surface area contributed by atoms with E-state index in [0.717, 1.165) is 55.2 Å². The van der Waals surface area contributed by atoms with Crippen LogP contribution >= 0.6 is 0 Å². The van der Waals surface area contributed by atoms with Gasteiger partial charge in [-0.25, -0.2) is 4.79 Å². The lowest BCUT2D eigenvalue weighted by Crippen LogP contribution is -2.70. The Bertz CT molecular complexity index is 1740. The number of aliphatic hydroxyl groups is 2. The number of aromatic hydroxyl groups is 1. The fourth-order valence-corrected chi connectivity index (χ4v) is 9.32. The second kappa shape index (κ2) is 18.3. The van der Waals surface area contributed by atoms with Crippen LogP contribution in [0.15, 0.2) is 65.9 Å². The predicted octanol–water partition coefficient (Wildman–Crippen LogP) is 6.94. The van der Waals surface area contributed by atoms with Crippen molar-refractivity contribution in [3.05, 3.63) is 71.8 Å². The summed E-state index contributed by atoms with van der Waals surface area (Å²) in [5, 5.41) is 35.5. The second-order valence-electron chi connectivity index (χ2n) is 15.2. The van der Waals surface area contributed by atoms with Crippen LogP contribution in [0.1, 0.15) is 88.2 Å². The molecule has 3 aliphatic heterocycles. The van der Waals surface area contributed by atoms with E-state index < -0.39 is 30.1 Å². The van der Waals surface area contributed by atoms with Gasteiger partial charge in [0, 0.05) is 44.1 Å². The van der Waals surface area contributed by atoms with Crippen molar-refractivity contribution in [1.29, 1.82) is 0 Å². The van der Waals surface area contributed by atoms with Gasteiger partial charge in [0.05, 0.1) is 31.5 Å². The van der Waals surface area contributed by atoms with Gasteiger partial charge in [0.15, 0.2) is 11.5 Å². The van der Waals surface area contributed by atoms with E-state index in [-0.39, 0.29) is 69.7 Å². The highest BCUT2D eigenvalue weighted by Gasteiger charge is 2.65. The van der Waals surface area contributed by atoms with Crippen LogP contribution in [0.25, 0.3) is 0 Å². The summed E-state index contributed by atoms with van der Waals surface area (Å²) in [6, 6.07) is 9.99. The molecule has 2 fully saturated rings. The van der Waals surface area contributed by atoms with Gasteiger partial charge in [-0.05, 0) is 98.8 Å². The molecular weight excluding hydrogens is 720 g/mol. The number of aliphatic hydroxyl groups excluding tert-OH is 2. The van der Waals surface area contributed by atoms with Crippen molar-refractivity contribution in [2.24, 2.45) is 22.9 Å². The smallest absolute Gasteiger partial charge is 0.410 e. The third-order valence-corrected chi connectivity index (χ3v) is 11.7. The Kier molecular flexibility index (Phi) is 13.1. The van der Waals surface area contributed by atoms with Gasteiger partial charge in [0.2, 0.25) is 18.9 Å². The molecule has 2 aromatic rings. The number of allylic oxidation sites excluding steroid dienone is 1. The maximum atomic E-state index is 14.4. The lowest BCUT2D eigenvalue weighted by Gasteiger charge is -2.59. The zero-order valence-electron chi connectivity index (χ0n) is 32.3. The van der Waals surface area contributed by atoms with E-state index in [1.807, 2.05) is 18.2 Å². The summed E-state index contributed by atoms with van der Waals surface area (Å²) >= 11 is 0. The SMILES string of the molecule is C=CCOC12Oc3ccc(O)cc3C3C(CCCCO)C(CCCCO)C=C(C(=NOC4CCCCO4)CC1N(Cc1ccc4c(c1)OCO4)C(=O)OCC)C32. The van der Waals surface area contributed by atoms with E-state index in [2.05, 4.69) is 12.7 Å². The second-order valence-corrected chi connectivity index (χ2v) is 15.2. The first kappa shape index (κ1) is 39.9. The van der Waals surface area contributed by atoms with Crippen LogP contribution in [0.4, 0.5) is 4.79 Å². The van der Waals surface area contributed by atoms with Gasteiger partial charge in [-0.15, -0.1) is 6.58 Å². The van der Waals surface area contributed by atoms with Gasteiger partial charge in [-0.1, -0.05) is 36.2 Å². The van der Waals surface area contributed by atoms with Crippen LogP contribution < -0.4 is 14.2 Å². The Labute approximate surface area is 328 Å². The molecule has 3 N–H and O–H groups in total. The summed E-state index contributed by atoms with van der Waals surface area (Å²) in [6.07, 6.45) is 10.3. The Morgan fingerprint density at radius 2 is 1.84 bits per heavy atom. The molecule has 7 rings (SSSR count). The number of nitrogens with zero attached hydrogens (tertiary/aromatic N) is 2. The first-order chi connectivity index (χ1) is 27.4. The molecule has 1 saturated carbocycles. The number of phenols is 1. The minimum Gasteiger partial charge on any atom is -0.508 e. The Morgan fingerprint density at radius 3 is 2.61 bits per heavy atom. The number of unbranched alkanes of at least 4 members (excludes halogenated alkanes) is 2. The third kappa shape index (κ3) is 8.23. The molecule has 0 spiro atoms. The molecule has 2 aliphatic carbocycles. The number of rotatable bonds is 17. The maximum absolute atomic E-state index is 14.4. The Balaban J connectivity index is 1.43. The van der Waals surface area contributed by atoms with E-state index in [0.29, 0.717) is 48.8 Å². The molecule has 1 amide bonds. The van der Waals surface area contributed by atoms with Crippen molar-refractivity contribution in [3.63, 3.8) is 0 Å². The zero-order chi connectivity index (χ0) is 39.1. The number of fused-ring (bicyclic) bond motifs is 3. The van der Waals surface area contributed by atoms with E-state index in [1.165, 1.54) is 0 Å². The molecule has 3 heterocycles. The highest BCUT2D eigenvalue weighted by molar-refractivity contribution is 6.03. The van der Waals surface area contributed by atoms with Crippen molar-refractivity contribution < 1.29 is 53.4 Å². The van der Waals surface area contributed by atoms with Crippen LogP contribution in [0.3, 0.4) is 0 Å². The van der Waals surface area contributed by atoms with E-state index in [1.54, 1.807) is 36.1 Å². The number of hydrogen-bond acceptors (Lipinski definition) is 12. The summed E-state index contributed by atoms with van der Waals surface area (Å²) in [7, 11) is 0. The van der Waals surface area contributed by atoms with Crippen molar-refractivity contribution >= 4 is 11.8 Å². The molecule has 304 valence electrons. The molecule has 7 atom stereocenters. The fraction of sp³-hybridized carbons (Fsp3) is 0.581. The number of phenolic OH excluding ortho intramolecular Hbond substituents is 1. The van der Waals surface area contributed by atoms with Crippen molar-refractivity contribution in [3.8, 4) is 23.0 Å². The first-order valence-electron chi connectivity index (χ1n) is 20.3. The van der Waals surface area contributed by atoms with Gasteiger partial charge in [-0.2, -0.15) is 0 Å². The van der Waals surface area contributed by atoms with Gasteiger partial charge in [0.1, 0.15) is 17.5 Å². The monoisotopic (exact) mass is 776 g/mol. The number of ether oxygens (including phenoxy) is 6. The molecule has 7 unspecified atom stereocenters. The van der Waals surface area contributed by atoms with Crippen molar-refractivity contribution in [2.45, 2.75) is 102 Å². The van der Waals surface area contributed by atoms with E-state index >= 15 is 0 Å². The topological polar surface area (TPSA) is 158 Å². The standard InChI is InChI=1S/C43H56N2O11/c1-3-20-54-43-38(45(42(49)50-4-2)26-28-14-16-36-37(22-28)53-27-52-36)25-34(44-56-39-13-7-10-21-51-39)32-23-29(11-5-8-18-46)31(12-6-9-19-47)40(41(32)43)33-24-30(48)15-17-35(33)55-43/h3,14-17,22-24,29,31,38-41,46-48H,1,4-13,18-21,25-27H2,2H3. The Hall–Kier alpha value is -4.30. The highest BCUT2D eigenvalue weighted by Crippen LogP contribution is 2.62. The molecule has 13 heteroatoms. The molecule has 56 heavy (non-hydrogen) atoms. The van der Waals surface area contributed by atoms with Crippen molar-refractivity contribution in [2.75, 3.05) is 39.8 Å². The molecule has 0 bridgehead atoms. The average molecular weight is 777 g/mol. The minimum absolute atomic E-state index is 0.0256. The lowest BCUT2D eigenvalue weighted by molar-refractivity contribution is -0.256. The average Bonchev–Trinajstić information content (AvgIpc) is 3.68. The van der Waals surface area contributed by atoms with Crippen LogP contribution in [-0.4, -0.2) is 90.0 Å². The quantitative estimate of drug-likeness (QED) is 0.0869. The molecule has 0 aromatic heterocycles. The summed E-state index contributed by atoms with van der Waals surface area (Å²) in [5.41, 5.74) is 3.19. The van der Waals surface area contributed by atoms with Crippen LogP contribution in [-0.2, 0) is 25.6 Å². The Morgan fingerprint density at radius 1 is 1.04 bits per heavy atom. The number of benzene rings is 2. The minimum atomic E-state index is -1.47. The largest absolute Gasteiger partial charge is 0.508 e. The van der Waals surface area contributed by atoms with Crippen LogP contribution in [0.2, 0.25) is 0 Å². The molecule has 0 radical (unpaired) electrons. The molecule has 2 aromatic carbocycles. The predicted molar refractivity (Wildman–Crippen MR) is 206 cm³/mol. The fourth-order valence-electron chi connectivity index (χ4n) is 9.32. The number of carbonyl (C=O) groups is 1. The summed E-state index contributed by atoms with van der Waals surface area (Å²) in [4.78, 5) is 22.3.